The fourth-order valence-electron chi connectivity index (χ4n) is 1.31. The van der Waals surface area contributed by atoms with Crippen LogP contribution in [0.1, 0.15) is 0 Å². The smallest absolute Gasteiger partial charge is 0.115 e. The van der Waals surface area contributed by atoms with Crippen molar-refractivity contribution in [1.29, 1.82) is 0 Å². The molecule has 0 bridgehead atoms. The average molecular weight is 298 g/mol. The van der Waals surface area contributed by atoms with Gasteiger partial charge in [-0.2, -0.15) is 0 Å². The Kier molecular flexibility index (Phi) is 7.47. The third kappa shape index (κ3) is 8.12. The molecule has 0 fully saturated rings. The van der Waals surface area contributed by atoms with Crippen LogP contribution in [-0.2, 0) is 0 Å². The van der Waals surface area contributed by atoms with Crippen molar-refractivity contribution in [3.05, 3.63) is 84.9 Å². The second-order valence-corrected chi connectivity index (χ2v) is 4.19. The summed E-state index contributed by atoms with van der Waals surface area (Å²) in [5, 5.41) is 34.6. The molecule has 0 aromatic heterocycles. The zero-order valence-corrected chi connectivity index (χ0v) is 11.9. The molecule has 0 unspecified atom stereocenters. The Labute approximate surface area is 129 Å². The largest absolute Gasteiger partial charge is 0.508 e. The van der Waals surface area contributed by atoms with E-state index < -0.39 is 0 Å². The van der Waals surface area contributed by atoms with Crippen LogP contribution in [0.3, 0.4) is 0 Å². The highest BCUT2D eigenvalue weighted by atomic mass is 16.3. The highest BCUT2D eigenvalue weighted by molar-refractivity contribution is 5.28. The third-order valence-electron chi connectivity index (χ3n) is 2.36. The Morgan fingerprint density at radius 2 is 0.545 bits per heavy atom. The van der Waals surface area contributed by atoms with Gasteiger partial charge in [0.25, 0.3) is 0 Å². The first-order chi connectivity index (χ1) is 10.6. The van der Waals surface area contributed by atoms with Crippen molar-refractivity contribution in [3.63, 3.8) is 0 Å². The second kappa shape index (κ2) is 9.72. The van der Waals surface area contributed by atoms with Crippen LogP contribution in [0.4, 0.5) is 0 Å². The van der Waals surface area contributed by atoms with E-state index in [4.69, 9.17) is 20.4 Å². The molecular weight excluding hydrogens is 280 g/mol. The Balaban J connectivity index is 0.000000166. The van der Waals surface area contributed by atoms with Crippen LogP contribution >= 0.6 is 0 Å². The number of para-hydroxylation sites is 2. The van der Waals surface area contributed by atoms with Gasteiger partial charge < -0.3 is 20.4 Å². The van der Waals surface area contributed by atoms with Gasteiger partial charge in [0.05, 0.1) is 0 Å². The summed E-state index contributed by atoms with van der Waals surface area (Å²) in [7, 11) is 0. The molecular formula is C18H18O4. The summed E-state index contributed by atoms with van der Waals surface area (Å²) >= 11 is 0. The monoisotopic (exact) mass is 298 g/mol. The molecule has 3 rings (SSSR count). The van der Waals surface area contributed by atoms with Gasteiger partial charge in [0.1, 0.15) is 23.0 Å². The molecule has 0 aliphatic heterocycles. The van der Waals surface area contributed by atoms with Crippen molar-refractivity contribution in [2.75, 3.05) is 0 Å². The molecule has 0 saturated heterocycles. The van der Waals surface area contributed by atoms with Gasteiger partial charge in [0.2, 0.25) is 0 Å². The fraction of sp³-hybridized carbons (Fsp3) is 0. The van der Waals surface area contributed by atoms with E-state index in [2.05, 4.69) is 0 Å². The summed E-state index contributed by atoms with van der Waals surface area (Å²) in [5.41, 5.74) is 0. The zero-order valence-electron chi connectivity index (χ0n) is 11.9. The summed E-state index contributed by atoms with van der Waals surface area (Å²) in [6.45, 7) is 0. The second-order valence-electron chi connectivity index (χ2n) is 4.19. The Bertz CT molecular complexity index is 564. The molecule has 114 valence electrons. The lowest BCUT2D eigenvalue weighted by Crippen LogP contribution is -1.61. The number of phenolic OH excluding ortho intramolecular Hbond substituents is 4. The van der Waals surface area contributed by atoms with E-state index in [-0.39, 0.29) is 11.5 Å². The van der Waals surface area contributed by atoms with Crippen molar-refractivity contribution in [1.82, 2.24) is 0 Å². The number of hydrogen-bond acceptors (Lipinski definition) is 4. The minimum absolute atomic E-state index is 0.169. The molecule has 0 heterocycles. The first kappa shape index (κ1) is 16.9. The maximum Gasteiger partial charge on any atom is 0.115 e. The lowest BCUT2D eigenvalue weighted by Gasteiger charge is -1.88. The maximum atomic E-state index is 8.65. The van der Waals surface area contributed by atoms with Crippen LogP contribution in [0.5, 0.6) is 23.0 Å². The van der Waals surface area contributed by atoms with Crippen LogP contribution in [0, 0.1) is 0 Å². The SMILES string of the molecule is Oc1ccc(O)cc1.Oc1ccccc1.Oc1ccccc1. The van der Waals surface area contributed by atoms with E-state index in [1.165, 1.54) is 24.3 Å². The highest BCUT2D eigenvalue weighted by Crippen LogP contribution is 2.13. The van der Waals surface area contributed by atoms with Gasteiger partial charge in [-0.05, 0) is 48.5 Å². The van der Waals surface area contributed by atoms with E-state index in [0.717, 1.165) is 0 Å². The molecule has 3 aromatic rings. The van der Waals surface area contributed by atoms with Crippen molar-refractivity contribution in [3.8, 4) is 23.0 Å². The summed E-state index contributed by atoms with van der Waals surface area (Å²) in [5.74, 6) is 0.982. The summed E-state index contributed by atoms with van der Waals surface area (Å²) < 4.78 is 0. The van der Waals surface area contributed by atoms with Gasteiger partial charge in [-0.15, -0.1) is 0 Å². The molecule has 0 radical (unpaired) electrons. The molecule has 0 spiro atoms. The standard InChI is InChI=1S/C6H6O2.2C6H6O/c7-5-1-2-6(8)4-3-5;2*7-6-4-2-1-3-5-6/h1-4,7-8H;2*1-5,7H. The van der Waals surface area contributed by atoms with Gasteiger partial charge in [0.15, 0.2) is 0 Å². The minimum atomic E-state index is 0.169. The molecule has 4 N–H and O–H groups in total. The molecule has 0 saturated carbocycles. The highest BCUT2D eigenvalue weighted by Gasteiger charge is 1.84. The number of phenols is 4. The lowest BCUT2D eigenvalue weighted by atomic mass is 10.3. The number of benzene rings is 3. The summed E-state index contributed by atoms with van der Waals surface area (Å²) in [6.07, 6.45) is 0. The summed E-state index contributed by atoms with van der Waals surface area (Å²) in [6, 6.07) is 23.1. The molecule has 3 aromatic carbocycles. The molecule has 0 atom stereocenters. The van der Waals surface area contributed by atoms with E-state index in [9.17, 15) is 0 Å². The minimum Gasteiger partial charge on any atom is -0.508 e. The molecule has 0 aliphatic carbocycles. The molecule has 0 aliphatic rings. The van der Waals surface area contributed by atoms with Crippen molar-refractivity contribution >= 4 is 0 Å². The quantitative estimate of drug-likeness (QED) is 0.475. The van der Waals surface area contributed by atoms with Gasteiger partial charge in [-0.3, -0.25) is 0 Å². The van der Waals surface area contributed by atoms with E-state index in [0.29, 0.717) is 11.5 Å². The summed E-state index contributed by atoms with van der Waals surface area (Å²) in [4.78, 5) is 0. The van der Waals surface area contributed by atoms with Crippen molar-refractivity contribution < 1.29 is 20.4 Å². The Morgan fingerprint density at radius 3 is 0.727 bits per heavy atom. The van der Waals surface area contributed by atoms with Gasteiger partial charge in [-0.1, -0.05) is 36.4 Å². The molecule has 4 nitrogen and oxygen atoms in total. The first-order valence-electron chi connectivity index (χ1n) is 6.54. The lowest BCUT2D eigenvalue weighted by molar-refractivity contribution is 0.460. The Morgan fingerprint density at radius 1 is 0.318 bits per heavy atom. The van der Waals surface area contributed by atoms with Crippen LogP contribution in [0.2, 0.25) is 0 Å². The molecule has 22 heavy (non-hydrogen) atoms. The predicted molar refractivity (Wildman–Crippen MR) is 86.0 cm³/mol. The first-order valence-corrected chi connectivity index (χ1v) is 6.54. The Hall–Kier alpha value is -3.14. The van der Waals surface area contributed by atoms with E-state index >= 15 is 0 Å². The molecule has 4 heteroatoms. The van der Waals surface area contributed by atoms with Gasteiger partial charge in [0, 0.05) is 0 Å². The van der Waals surface area contributed by atoms with Crippen LogP contribution in [0.15, 0.2) is 84.9 Å². The normalized spacial score (nSPS) is 8.73. The van der Waals surface area contributed by atoms with Crippen LogP contribution < -0.4 is 0 Å². The van der Waals surface area contributed by atoms with Gasteiger partial charge in [-0.25, -0.2) is 0 Å². The fourth-order valence-corrected chi connectivity index (χ4v) is 1.31. The van der Waals surface area contributed by atoms with E-state index in [1.54, 1.807) is 48.5 Å². The topological polar surface area (TPSA) is 80.9 Å². The third-order valence-corrected chi connectivity index (χ3v) is 2.36. The van der Waals surface area contributed by atoms with Crippen LogP contribution in [-0.4, -0.2) is 20.4 Å². The average Bonchev–Trinajstić information content (AvgIpc) is 2.53. The predicted octanol–water partition coefficient (Wildman–Crippen LogP) is 3.88. The van der Waals surface area contributed by atoms with Crippen LogP contribution in [0.25, 0.3) is 0 Å². The molecule has 0 amide bonds. The maximum absolute atomic E-state index is 8.65. The number of aromatic hydroxyl groups is 4. The van der Waals surface area contributed by atoms with Crippen molar-refractivity contribution in [2.45, 2.75) is 0 Å². The van der Waals surface area contributed by atoms with Crippen molar-refractivity contribution in [2.24, 2.45) is 0 Å². The van der Waals surface area contributed by atoms with E-state index in [1.807, 2.05) is 12.1 Å². The number of hydrogen-bond donors (Lipinski definition) is 4. The number of rotatable bonds is 0. The zero-order chi connectivity index (χ0) is 16.2. The van der Waals surface area contributed by atoms with Gasteiger partial charge >= 0.3 is 0 Å².